The van der Waals surface area contributed by atoms with Crippen LogP contribution in [-0.4, -0.2) is 42.9 Å². The maximum Gasteiger partial charge on any atom is 0.403 e. The van der Waals surface area contributed by atoms with Crippen LogP contribution in [0.4, 0.5) is 13.2 Å². The summed E-state index contributed by atoms with van der Waals surface area (Å²) < 4.78 is 69.2. The number of ether oxygens (including phenoxy) is 1. The average molecular weight is 271 g/mol. The second-order valence-corrected chi connectivity index (χ2v) is 4.08. The van der Waals surface area contributed by atoms with E-state index in [-0.39, 0.29) is 0 Å². The lowest BCUT2D eigenvalue weighted by Crippen LogP contribution is -2.41. The Labute approximate surface area is 87.9 Å². The van der Waals surface area contributed by atoms with Crippen LogP contribution < -0.4 is 0 Å². The molecule has 0 aromatic heterocycles. The predicted molar refractivity (Wildman–Crippen MR) is 43.1 cm³/mol. The number of alkyl halides is 4. The number of carbonyl (C=O) groups is 1. The zero-order valence-corrected chi connectivity index (χ0v) is 8.56. The number of rotatable bonds is 5. The minimum absolute atomic E-state index is 0.690. The summed E-state index contributed by atoms with van der Waals surface area (Å²) in [5.74, 6) is -1.88. The number of esters is 1. The van der Waals surface area contributed by atoms with Crippen molar-refractivity contribution in [1.82, 2.24) is 0 Å². The summed E-state index contributed by atoms with van der Waals surface area (Å²) in [7, 11) is -5.89. The van der Waals surface area contributed by atoms with Gasteiger partial charge in [0.25, 0.3) is 0 Å². The molecule has 0 aliphatic carbocycles. The van der Waals surface area contributed by atoms with E-state index < -0.39 is 40.0 Å². The van der Waals surface area contributed by atoms with Gasteiger partial charge in [-0.2, -0.15) is 17.2 Å². The Hall–Kier alpha value is -0.540. The first kappa shape index (κ1) is 14.5. The van der Waals surface area contributed by atoms with Crippen LogP contribution >= 0.6 is 11.6 Å². The second-order valence-electron chi connectivity index (χ2n) is 2.32. The number of carbonyl (C=O) groups excluding carboxylic acids is 1. The monoisotopic (exact) mass is 270 g/mol. The van der Waals surface area contributed by atoms with Gasteiger partial charge >= 0.3 is 21.3 Å². The summed E-state index contributed by atoms with van der Waals surface area (Å²) in [6, 6.07) is 0. The normalized spacial score (nSPS) is 14.7. The first-order valence-corrected chi connectivity index (χ1v) is 5.31. The van der Waals surface area contributed by atoms with E-state index in [1.54, 1.807) is 0 Å². The number of hydrogen-bond donors (Lipinski definition) is 1. The Bertz CT molecular complexity index is 330. The molecule has 0 aromatic carbocycles. The van der Waals surface area contributed by atoms with Gasteiger partial charge in [0, 0.05) is 0 Å². The molecule has 0 rings (SSSR count). The summed E-state index contributed by atoms with van der Waals surface area (Å²) in [5.41, 5.74) is 0. The minimum atomic E-state index is -5.89. The third-order valence-corrected chi connectivity index (χ3v) is 2.37. The zero-order chi connectivity index (χ0) is 12.3. The van der Waals surface area contributed by atoms with Crippen LogP contribution in [0.3, 0.4) is 0 Å². The molecule has 1 N–H and O–H groups in total. The standard InChI is InChI=1S/C5H6ClF3O5S/c6-1-4(10)14-2-3(7)5(8,9)15(11,12)13/h3H,1-2H2,(H,11,12,13). The third-order valence-electron chi connectivity index (χ3n) is 1.21. The summed E-state index contributed by atoms with van der Waals surface area (Å²) >= 11 is 4.89. The van der Waals surface area contributed by atoms with Gasteiger partial charge in [-0.3, -0.25) is 9.35 Å². The van der Waals surface area contributed by atoms with Crippen LogP contribution in [0.25, 0.3) is 0 Å². The van der Waals surface area contributed by atoms with Crippen molar-refractivity contribution in [2.75, 3.05) is 12.5 Å². The van der Waals surface area contributed by atoms with Gasteiger partial charge in [0.15, 0.2) is 0 Å². The Morgan fingerprint density at radius 3 is 2.33 bits per heavy atom. The summed E-state index contributed by atoms with van der Waals surface area (Å²) in [6.45, 7) is -1.52. The van der Waals surface area contributed by atoms with Crippen molar-refractivity contribution in [3.63, 3.8) is 0 Å². The molecule has 0 heterocycles. The molecule has 0 saturated carbocycles. The van der Waals surface area contributed by atoms with Crippen molar-refractivity contribution in [2.24, 2.45) is 0 Å². The Kier molecular flexibility index (Phi) is 4.81. The van der Waals surface area contributed by atoms with Gasteiger partial charge in [0.2, 0.25) is 6.17 Å². The molecule has 1 unspecified atom stereocenters. The number of hydrogen-bond acceptors (Lipinski definition) is 4. The van der Waals surface area contributed by atoms with Crippen molar-refractivity contribution < 1.29 is 35.7 Å². The van der Waals surface area contributed by atoms with E-state index in [0.717, 1.165) is 0 Å². The summed E-state index contributed by atoms with van der Waals surface area (Å²) in [6.07, 6.45) is -3.36. The smallest absolute Gasteiger partial charge is 0.403 e. The van der Waals surface area contributed by atoms with Crippen LogP contribution in [0.5, 0.6) is 0 Å². The first-order chi connectivity index (χ1) is 6.63. The van der Waals surface area contributed by atoms with Crippen LogP contribution in [0.15, 0.2) is 0 Å². The van der Waals surface area contributed by atoms with E-state index in [4.69, 9.17) is 16.2 Å². The predicted octanol–water partition coefficient (Wildman–Crippen LogP) is 0.587. The van der Waals surface area contributed by atoms with Crippen molar-refractivity contribution in [3.8, 4) is 0 Å². The molecular weight excluding hydrogens is 265 g/mol. The minimum Gasteiger partial charge on any atom is -0.461 e. The highest BCUT2D eigenvalue weighted by atomic mass is 35.5. The Balaban J connectivity index is 4.46. The van der Waals surface area contributed by atoms with Crippen LogP contribution in [-0.2, 0) is 19.6 Å². The molecule has 0 aliphatic rings. The molecule has 0 bridgehead atoms. The fraction of sp³-hybridized carbons (Fsp3) is 0.800. The van der Waals surface area contributed by atoms with Gasteiger partial charge in [-0.05, 0) is 0 Å². The van der Waals surface area contributed by atoms with E-state index in [2.05, 4.69) is 4.74 Å². The lowest BCUT2D eigenvalue weighted by atomic mass is 10.4. The molecule has 0 fully saturated rings. The Morgan fingerprint density at radius 2 is 2.00 bits per heavy atom. The molecular formula is C5H6ClF3O5S. The summed E-state index contributed by atoms with van der Waals surface area (Å²) in [5, 5.41) is -5.03. The van der Waals surface area contributed by atoms with E-state index in [0.29, 0.717) is 0 Å². The third kappa shape index (κ3) is 3.84. The molecule has 90 valence electrons. The quantitative estimate of drug-likeness (QED) is 0.449. The van der Waals surface area contributed by atoms with Crippen LogP contribution in [0, 0.1) is 0 Å². The fourth-order valence-electron chi connectivity index (χ4n) is 0.463. The molecule has 1 atom stereocenters. The average Bonchev–Trinajstić information content (AvgIpc) is 2.11. The highest BCUT2D eigenvalue weighted by molar-refractivity contribution is 7.86. The molecule has 0 radical (unpaired) electrons. The largest absolute Gasteiger partial charge is 0.461 e. The summed E-state index contributed by atoms with van der Waals surface area (Å²) in [4.78, 5) is 10.3. The maximum absolute atomic E-state index is 12.6. The lowest BCUT2D eigenvalue weighted by Gasteiger charge is -2.16. The van der Waals surface area contributed by atoms with Gasteiger partial charge in [-0.15, -0.1) is 11.6 Å². The fourth-order valence-corrected chi connectivity index (χ4v) is 0.932. The molecule has 0 aromatic rings. The van der Waals surface area contributed by atoms with Crippen LogP contribution in [0.2, 0.25) is 0 Å². The lowest BCUT2D eigenvalue weighted by molar-refractivity contribution is -0.145. The number of halogens is 4. The van der Waals surface area contributed by atoms with Crippen molar-refractivity contribution >= 4 is 27.7 Å². The van der Waals surface area contributed by atoms with Gasteiger partial charge in [-0.25, -0.2) is 4.39 Å². The van der Waals surface area contributed by atoms with Gasteiger partial charge in [0.1, 0.15) is 12.5 Å². The van der Waals surface area contributed by atoms with E-state index >= 15 is 0 Å². The van der Waals surface area contributed by atoms with Crippen molar-refractivity contribution in [3.05, 3.63) is 0 Å². The maximum atomic E-state index is 12.6. The van der Waals surface area contributed by atoms with Gasteiger partial charge < -0.3 is 4.74 Å². The first-order valence-electron chi connectivity index (χ1n) is 3.33. The molecule has 5 nitrogen and oxygen atoms in total. The highest BCUT2D eigenvalue weighted by Crippen LogP contribution is 2.27. The van der Waals surface area contributed by atoms with E-state index in [9.17, 15) is 26.4 Å². The molecule has 0 spiro atoms. The highest BCUT2D eigenvalue weighted by Gasteiger charge is 2.53. The second kappa shape index (κ2) is 4.99. The molecule has 0 aliphatic heterocycles. The van der Waals surface area contributed by atoms with E-state index in [1.807, 2.05) is 0 Å². The molecule has 10 heteroatoms. The molecule has 0 amide bonds. The van der Waals surface area contributed by atoms with Crippen molar-refractivity contribution in [1.29, 1.82) is 0 Å². The van der Waals surface area contributed by atoms with E-state index in [1.165, 1.54) is 0 Å². The van der Waals surface area contributed by atoms with Gasteiger partial charge in [-0.1, -0.05) is 0 Å². The SMILES string of the molecule is O=C(CCl)OCC(F)C(F)(F)S(=O)(=O)O. The van der Waals surface area contributed by atoms with Crippen LogP contribution in [0.1, 0.15) is 0 Å². The zero-order valence-electron chi connectivity index (χ0n) is 6.99. The molecule has 0 saturated heterocycles. The molecule has 15 heavy (non-hydrogen) atoms. The topological polar surface area (TPSA) is 80.7 Å². The van der Waals surface area contributed by atoms with Crippen molar-refractivity contribution in [2.45, 2.75) is 11.4 Å². The Morgan fingerprint density at radius 1 is 1.53 bits per heavy atom. The van der Waals surface area contributed by atoms with Gasteiger partial charge in [0.05, 0.1) is 0 Å².